The lowest BCUT2D eigenvalue weighted by Gasteiger charge is -2.24. The number of carbonyl (C=O) groups is 1. The maximum atomic E-state index is 14.7. The molecule has 2 N–H and O–H groups in total. The van der Waals surface area contributed by atoms with Crippen molar-refractivity contribution in [3.8, 4) is 5.69 Å². The lowest BCUT2D eigenvalue weighted by molar-refractivity contribution is -0.142. The van der Waals surface area contributed by atoms with Gasteiger partial charge in [0.15, 0.2) is 11.5 Å². The van der Waals surface area contributed by atoms with E-state index >= 15 is 0 Å². The zero-order chi connectivity index (χ0) is 42.8. The molecule has 12 nitrogen and oxygen atoms in total. The fraction of sp³-hybridized carbons (Fsp3) is 0.306. The average molecular weight is 936 g/mol. The number of halogens is 10. The summed E-state index contributed by atoms with van der Waals surface area (Å²) in [6.07, 6.45) is -9.68. The Morgan fingerprint density at radius 1 is 0.983 bits per heavy atom. The van der Waals surface area contributed by atoms with Crippen LogP contribution in [0.4, 0.5) is 40.9 Å². The van der Waals surface area contributed by atoms with Crippen molar-refractivity contribution in [3.05, 3.63) is 108 Å². The van der Waals surface area contributed by atoms with Crippen molar-refractivity contribution in [3.63, 3.8) is 0 Å². The Morgan fingerprint density at radius 3 is 2.36 bits per heavy atom. The van der Waals surface area contributed by atoms with E-state index < -0.39 is 99.6 Å². The standard InChI is InChI=1S/C36H28BrClF8N8O4S/c1-2-59(57,58)51-32-29-23(38)8-9-27(30(29)53(50-32)16-35(41,42)43)54-33(48-24-13-18(37)6-7-21(24)34(54)56)25(12-17-10-19(39)14-20(40)11-17)47-28(55)15-52-26-5-3-4-22(26)31(49-52)36(44,45)46/h6-11,13-14,25H,2-5,12,15-16H2,1H3,(H,47,55)(H,50,51)/t25-/m0/s1. The lowest BCUT2D eigenvalue weighted by atomic mass is 10.0. The number of aromatic nitrogens is 6. The van der Waals surface area contributed by atoms with E-state index in [0.717, 1.165) is 33.5 Å². The van der Waals surface area contributed by atoms with Crippen molar-refractivity contribution in [1.29, 1.82) is 0 Å². The highest BCUT2D eigenvalue weighted by Gasteiger charge is 2.40. The van der Waals surface area contributed by atoms with Crippen LogP contribution in [0, 0.1) is 11.6 Å². The van der Waals surface area contributed by atoms with Gasteiger partial charge in [-0.05, 0) is 74.2 Å². The molecule has 3 aromatic carbocycles. The third-order valence-electron chi connectivity index (χ3n) is 9.46. The smallest absolute Gasteiger partial charge is 0.344 e. The normalized spacial score (nSPS) is 13.9. The van der Waals surface area contributed by atoms with E-state index in [4.69, 9.17) is 11.6 Å². The quantitative estimate of drug-likeness (QED) is 0.128. The van der Waals surface area contributed by atoms with E-state index in [1.165, 1.54) is 25.1 Å². The van der Waals surface area contributed by atoms with Gasteiger partial charge in [0, 0.05) is 28.2 Å². The molecule has 6 aromatic rings. The van der Waals surface area contributed by atoms with Crippen molar-refractivity contribution in [2.75, 3.05) is 10.5 Å². The summed E-state index contributed by atoms with van der Waals surface area (Å²) in [5, 5.41) is 9.45. The molecular weight excluding hydrogens is 908 g/mol. The zero-order valence-electron chi connectivity index (χ0n) is 30.2. The van der Waals surface area contributed by atoms with Gasteiger partial charge in [0.25, 0.3) is 5.56 Å². The minimum absolute atomic E-state index is 0.00888. The van der Waals surface area contributed by atoms with Gasteiger partial charge in [-0.15, -0.1) is 0 Å². The van der Waals surface area contributed by atoms with Crippen molar-refractivity contribution in [2.45, 2.75) is 64.1 Å². The number of benzene rings is 3. The third kappa shape index (κ3) is 8.65. The van der Waals surface area contributed by atoms with Crippen molar-refractivity contribution >= 4 is 71.1 Å². The Bertz CT molecular complexity index is 2820. The molecular formula is C36H28BrClF8N8O4S. The molecule has 3 heterocycles. The molecule has 3 aromatic heterocycles. The molecule has 7 rings (SSSR count). The van der Waals surface area contributed by atoms with E-state index in [1.807, 2.05) is 0 Å². The molecule has 1 aliphatic rings. The van der Waals surface area contributed by atoms with Crippen LogP contribution in [0.3, 0.4) is 0 Å². The van der Waals surface area contributed by atoms with Crippen LogP contribution in [0.15, 0.2) is 57.8 Å². The van der Waals surface area contributed by atoms with Crippen LogP contribution in [0.1, 0.15) is 47.7 Å². The summed E-state index contributed by atoms with van der Waals surface area (Å²) in [5.41, 5.74) is -2.95. The van der Waals surface area contributed by atoms with E-state index in [0.29, 0.717) is 21.6 Å². The molecule has 0 unspecified atom stereocenters. The maximum absolute atomic E-state index is 14.7. The van der Waals surface area contributed by atoms with Gasteiger partial charge < -0.3 is 5.32 Å². The zero-order valence-corrected chi connectivity index (χ0v) is 33.3. The third-order valence-corrected chi connectivity index (χ3v) is 11.5. The topological polar surface area (TPSA) is 146 Å². The molecule has 1 atom stereocenters. The summed E-state index contributed by atoms with van der Waals surface area (Å²) in [5.74, 6) is -4.56. The molecule has 312 valence electrons. The highest BCUT2D eigenvalue weighted by atomic mass is 79.9. The minimum Gasteiger partial charge on any atom is -0.344 e. The SMILES string of the molecule is CCS(=O)(=O)Nc1nn(CC(F)(F)F)c2c(-n3c([C@H](Cc4cc(F)cc(F)c4)NC(=O)Cn4nc(C(F)(F)F)c5c4CCC5)nc4cc(Br)ccc4c3=O)ccc(Cl)c12. The second-order valence-electron chi connectivity index (χ2n) is 13.6. The van der Waals surface area contributed by atoms with Crippen molar-refractivity contribution in [1.82, 2.24) is 34.4 Å². The number of hydrogen-bond donors (Lipinski definition) is 2. The number of sulfonamides is 1. The van der Waals surface area contributed by atoms with Gasteiger partial charge in [0.2, 0.25) is 15.9 Å². The number of anilines is 1. The summed E-state index contributed by atoms with van der Waals surface area (Å²) in [4.78, 5) is 33.3. The number of rotatable bonds is 11. The Morgan fingerprint density at radius 2 is 1.69 bits per heavy atom. The number of nitrogens with zero attached hydrogens (tertiary/aromatic N) is 6. The number of fused-ring (bicyclic) bond motifs is 3. The Kier molecular flexibility index (Phi) is 11.0. The first kappa shape index (κ1) is 42.0. The maximum Gasteiger partial charge on any atom is 0.435 e. The Balaban J connectivity index is 1.48. The molecule has 1 aliphatic carbocycles. The summed E-state index contributed by atoms with van der Waals surface area (Å²) in [6.45, 7) is -1.32. The van der Waals surface area contributed by atoms with Crippen LogP contribution in [-0.2, 0) is 53.3 Å². The summed E-state index contributed by atoms with van der Waals surface area (Å²) >= 11 is 9.80. The van der Waals surface area contributed by atoms with Gasteiger partial charge in [-0.1, -0.05) is 27.5 Å². The first-order valence-electron chi connectivity index (χ1n) is 17.5. The first-order chi connectivity index (χ1) is 27.6. The monoisotopic (exact) mass is 934 g/mol. The van der Waals surface area contributed by atoms with Crippen LogP contribution in [0.2, 0.25) is 5.02 Å². The molecule has 59 heavy (non-hydrogen) atoms. The molecule has 0 aliphatic heterocycles. The molecule has 0 saturated carbocycles. The Labute approximate surface area is 341 Å². The second-order valence-corrected chi connectivity index (χ2v) is 16.9. The molecule has 0 spiro atoms. The second kappa shape index (κ2) is 15.5. The van der Waals surface area contributed by atoms with Gasteiger partial charge in [0.05, 0.1) is 44.3 Å². The van der Waals surface area contributed by atoms with E-state index in [9.17, 15) is 53.1 Å². The summed E-state index contributed by atoms with van der Waals surface area (Å²) in [6, 6.07) is 7.37. The summed E-state index contributed by atoms with van der Waals surface area (Å²) in [7, 11) is -4.17. The molecule has 0 saturated heterocycles. The average Bonchev–Trinajstić information content (AvgIpc) is 3.82. The predicted octanol–water partition coefficient (Wildman–Crippen LogP) is 7.56. The van der Waals surface area contributed by atoms with E-state index in [1.54, 1.807) is 0 Å². The van der Waals surface area contributed by atoms with Gasteiger partial charge in [-0.2, -0.15) is 36.5 Å². The predicted molar refractivity (Wildman–Crippen MR) is 203 cm³/mol. The number of nitrogens with one attached hydrogen (secondary N) is 2. The van der Waals surface area contributed by atoms with Crippen LogP contribution in [0.25, 0.3) is 27.5 Å². The fourth-order valence-corrected chi connectivity index (χ4v) is 8.25. The highest BCUT2D eigenvalue weighted by Crippen LogP contribution is 2.39. The van der Waals surface area contributed by atoms with Gasteiger partial charge in [-0.3, -0.25) is 28.2 Å². The lowest BCUT2D eigenvalue weighted by Crippen LogP contribution is -2.38. The van der Waals surface area contributed by atoms with Crippen molar-refractivity contribution < 1.29 is 48.3 Å². The molecule has 0 fully saturated rings. The molecule has 0 bridgehead atoms. The fourth-order valence-electron chi connectivity index (χ4n) is 7.08. The minimum atomic E-state index is -4.96. The van der Waals surface area contributed by atoms with Crippen LogP contribution >= 0.6 is 27.5 Å². The van der Waals surface area contributed by atoms with Gasteiger partial charge in [0.1, 0.15) is 30.5 Å². The number of carbonyl (C=O) groups excluding carboxylic acids is 1. The van der Waals surface area contributed by atoms with E-state index in [-0.39, 0.29) is 56.7 Å². The molecule has 0 radical (unpaired) electrons. The van der Waals surface area contributed by atoms with Gasteiger partial charge >= 0.3 is 12.4 Å². The van der Waals surface area contributed by atoms with Gasteiger partial charge in [-0.25, -0.2) is 22.2 Å². The number of alkyl halides is 6. The highest BCUT2D eigenvalue weighted by molar-refractivity contribution is 9.10. The Hall–Kier alpha value is -5.09. The summed E-state index contributed by atoms with van der Waals surface area (Å²) < 4.78 is 143. The van der Waals surface area contributed by atoms with Crippen LogP contribution < -0.4 is 15.6 Å². The largest absolute Gasteiger partial charge is 0.435 e. The number of amides is 1. The van der Waals surface area contributed by atoms with Crippen molar-refractivity contribution in [2.24, 2.45) is 0 Å². The van der Waals surface area contributed by atoms with Crippen LogP contribution in [-0.4, -0.2) is 55.4 Å². The molecule has 23 heteroatoms. The van der Waals surface area contributed by atoms with E-state index in [2.05, 4.69) is 41.2 Å². The molecule has 1 amide bonds. The first-order valence-corrected chi connectivity index (χ1v) is 20.3. The number of hydrogen-bond acceptors (Lipinski definition) is 7. The van der Waals surface area contributed by atoms with Crippen LogP contribution in [0.5, 0.6) is 0 Å².